The Morgan fingerprint density at radius 1 is 1.11 bits per heavy atom. The van der Waals surface area contributed by atoms with Crippen molar-refractivity contribution in [2.24, 2.45) is 0 Å². The number of benzene rings is 2. The lowest BCUT2D eigenvalue weighted by molar-refractivity contribution is -0.122. The van der Waals surface area contributed by atoms with Gasteiger partial charge in [-0.2, -0.15) is 0 Å². The average molecular weight is 476 g/mol. The summed E-state index contributed by atoms with van der Waals surface area (Å²) in [5.41, 5.74) is 4.37. The number of amides is 1. The van der Waals surface area contributed by atoms with Gasteiger partial charge in [0.15, 0.2) is 0 Å². The maximum Gasteiger partial charge on any atom is 0.220 e. The van der Waals surface area contributed by atoms with Crippen LogP contribution >= 0.6 is 0 Å². The summed E-state index contributed by atoms with van der Waals surface area (Å²) < 4.78 is 13.4. The molecule has 0 aliphatic carbocycles. The summed E-state index contributed by atoms with van der Waals surface area (Å²) in [5, 5.41) is 12.1. The fourth-order valence-electron chi connectivity index (χ4n) is 4.86. The number of aryl methyl sites for hydroxylation is 1. The third kappa shape index (κ3) is 5.89. The van der Waals surface area contributed by atoms with Crippen molar-refractivity contribution < 1.29 is 14.3 Å². The van der Waals surface area contributed by atoms with E-state index < -0.39 is 0 Å². The van der Waals surface area contributed by atoms with Crippen LogP contribution in [0.15, 0.2) is 54.6 Å². The minimum Gasteiger partial charge on any atom is -0.497 e. The second-order valence-electron chi connectivity index (χ2n) is 9.34. The van der Waals surface area contributed by atoms with Crippen LogP contribution in [0.3, 0.4) is 0 Å². The normalized spacial score (nSPS) is 18.7. The largest absolute Gasteiger partial charge is 0.497 e. The molecule has 1 saturated heterocycles. The Hall–Kier alpha value is -3.23. The van der Waals surface area contributed by atoms with Crippen molar-refractivity contribution in [2.45, 2.75) is 57.5 Å². The summed E-state index contributed by atoms with van der Waals surface area (Å²) in [6.45, 7) is 3.80. The number of likely N-dealkylation sites (tertiary alicyclic amines) is 1. The van der Waals surface area contributed by atoms with Crippen LogP contribution in [-0.2, 0) is 35.6 Å². The first kappa shape index (κ1) is 23.5. The van der Waals surface area contributed by atoms with E-state index in [4.69, 9.17) is 9.47 Å². The molecule has 0 spiro atoms. The predicted octanol–water partition coefficient (Wildman–Crippen LogP) is 3.27. The minimum atomic E-state index is -0.0378. The third-order valence-electron chi connectivity index (χ3n) is 6.98. The van der Waals surface area contributed by atoms with Gasteiger partial charge in [0.05, 0.1) is 26.0 Å². The van der Waals surface area contributed by atoms with Gasteiger partial charge in [-0.1, -0.05) is 47.7 Å². The highest BCUT2D eigenvalue weighted by molar-refractivity contribution is 5.76. The van der Waals surface area contributed by atoms with Crippen LogP contribution in [0, 0.1) is 0 Å². The topological polar surface area (TPSA) is 81.5 Å². The summed E-state index contributed by atoms with van der Waals surface area (Å²) in [6, 6.07) is 18.4. The van der Waals surface area contributed by atoms with Crippen LogP contribution in [0.4, 0.5) is 0 Å². The number of nitrogens with zero attached hydrogens (tertiary/aromatic N) is 4. The molecule has 8 nitrogen and oxygen atoms in total. The van der Waals surface area contributed by atoms with Gasteiger partial charge in [0.1, 0.15) is 17.5 Å². The number of nitrogens with one attached hydrogen (secondary N) is 1. The predicted molar refractivity (Wildman–Crippen MR) is 132 cm³/mol. The number of carbonyl (C=O) groups is 1. The number of rotatable bonds is 8. The van der Waals surface area contributed by atoms with Gasteiger partial charge in [-0.25, -0.2) is 4.68 Å². The van der Waals surface area contributed by atoms with Crippen molar-refractivity contribution in [2.75, 3.05) is 20.2 Å². The molecule has 1 aromatic heterocycles. The maximum atomic E-state index is 12.4. The quantitative estimate of drug-likeness (QED) is 0.539. The highest BCUT2D eigenvalue weighted by Gasteiger charge is 2.27. The van der Waals surface area contributed by atoms with Crippen molar-refractivity contribution in [1.82, 2.24) is 25.2 Å². The van der Waals surface area contributed by atoms with E-state index in [2.05, 4.69) is 32.7 Å². The van der Waals surface area contributed by atoms with Gasteiger partial charge in [-0.3, -0.25) is 9.69 Å². The molecule has 2 aromatic carbocycles. The number of hydrogen-bond donors (Lipinski definition) is 1. The Morgan fingerprint density at radius 3 is 2.63 bits per heavy atom. The van der Waals surface area contributed by atoms with E-state index in [-0.39, 0.29) is 18.1 Å². The van der Waals surface area contributed by atoms with E-state index >= 15 is 0 Å². The smallest absolute Gasteiger partial charge is 0.220 e. The number of hydrogen-bond acceptors (Lipinski definition) is 6. The Labute approximate surface area is 206 Å². The second-order valence-corrected chi connectivity index (χ2v) is 9.34. The molecule has 3 heterocycles. The molecule has 8 heteroatoms. The Kier molecular flexibility index (Phi) is 7.39. The van der Waals surface area contributed by atoms with E-state index in [1.54, 1.807) is 7.11 Å². The van der Waals surface area contributed by atoms with E-state index in [1.165, 1.54) is 5.56 Å². The van der Waals surface area contributed by atoms with Crippen molar-refractivity contribution in [3.8, 4) is 5.75 Å². The first-order chi connectivity index (χ1) is 17.2. The molecule has 2 aliphatic rings. The average Bonchev–Trinajstić information content (AvgIpc) is 3.31. The molecule has 1 N–H and O–H groups in total. The zero-order valence-electron chi connectivity index (χ0n) is 20.2. The van der Waals surface area contributed by atoms with Crippen molar-refractivity contribution in [1.29, 1.82) is 0 Å². The SMILES string of the molecule is COc1ccc([C@@H]2Cn3nnc(CN4CCC(NC(=O)CCc5ccccc5)CC4)c3CO2)cc1. The van der Waals surface area contributed by atoms with Crippen LogP contribution in [0.25, 0.3) is 0 Å². The van der Waals surface area contributed by atoms with Crippen LogP contribution in [-0.4, -0.2) is 52.0 Å². The zero-order valence-corrected chi connectivity index (χ0v) is 20.2. The summed E-state index contributed by atoms with van der Waals surface area (Å²) in [7, 11) is 1.67. The van der Waals surface area contributed by atoms with Crippen LogP contribution < -0.4 is 10.1 Å². The lowest BCUT2D eigenvalue weighted by Gasteiger charge is -2.32. The fourth-order valence-corrected chi connectivity index (χ4v) is 4.86. The summed E-state index contributed by atoms with van der Waals surface area (Å²) in [4.78, 5) is 14.8. The fraction of sp³-hybridized carbons (Fsp3) is 0.444. The van der Waals surface area contributed by atoms with Gasteiger partial charge in [0.25, 0.3) is 0 Å². The molecule has 2 aliphatic heterocycles. The third-order valence-corrected chi connectivity index (χ3v) is 6.98. The number of piperidine rings is 1. The first-order valence-corrected chi connectivity index (χ1v) is 12.4. The number of methoxy groups -OCH3 is 1. The molecule has 0 saturated carbocycles. The second kappa shape index (κ2) is 11.0. The highest BCUT2D eigenvalue weighted by atomic mass is 16.5. The van der Waals surface area contributed by atoms with Gasteiger partial charge in [0.2, 0.25) is 5.91 Å². The Morgan fingerprint density at radius 2 is 1.89 bits per heavy atom. The van der Waals surface area contributed by atoms with Gasteiger partial charge < -0.3 is 14.8 Å². The van der Waals surface area contributed by atoms with Gasteiger partial charge >= 0.3 is 0 Å². The molecule has 0 radical (unpaired) electrons. The molecule has 0 unspecified atom stereocenters. The molecule has 184 valence electrons. The van der Waals surface area contributed by atoms with Crippen molar-refractivity contribution in [3.05, 3.63) is 77.1 Å². The van der Waals surface area contributed by atoms with E-state index in [0.717, 1.165) is 61.6 Å². The van der Waals surface area contributed by atoms with Gasteiger partial charge in [0, 0.05) is 32.1 Å². The molecule has 5 rings (SSSR count). The van der Waals surface area contributed by atoms with Crippen molar-refractivity contribution in [3.63, 3.8) is 0 Å². The summed E-state index contributed by atoms with van der Waals surface area (Å²) >= 11 is 0. The van der Waals surface area contributed by atoms with Crippen LogP contribution in [0.5, 0.6) is 5.75 Å². The lowest BCUT2D eigenvalue weighted by atomic mass is 10.0. The monoisotopic (exact) mass is 475 g/mol. The van der Waals surface area contributed by atoms with Gasteiger partial charge in [-0.05, 0) is 42.5 Å². The molecular weight excluding hydrogens is 442 g/mol. The molecular formula is C27H33N5O3. The molecule has 1 amide bonds. The zero-order chi connectivity index (χ0) is 24.0. The minimum absolute atomic E-state index is 0.0378. The molecule has 3 aromatic rings. The molecule has 0 bridgehead atoms. The number of fused-ring (bicyclic) bond motifs is 1. The van der Waals surface area contributed by atoms with E-state index in [1.807, 2.05) is 47.1 Å². The van der Waals surface area contributed by atoms with E-state index in [0.29, 0.717) is 19.6 Å². The molecule has 35 heavy (non-hydrogen) atoms. The Bertz CT molecular complexity index is 1110. The Balaban J connectivity index is 1.08. The maximum absolute atomic E-state index is 12.4. The first-order valence-electron chi connectivity index (χ1n) is 12.4. The summed E-state index contributed by atoms with van der Waals surface area (Å²) in [5.74, 6) is 0.979. The number of ether oxygens (including phenoxy) is 2. The number of carbonyl (C=O) groups excluding carboxylic acids is 1. The lowest BCUT2D eigenvalue weighted by Crippen LogP contribution is -2.44. The van der Waals surface area contributed by atoms with Gasteiger partial charge in [-0.15, -0.1) is 5.10 Å². The molecule has 1 atom stereocenters. The van der Waals surface area contributed by atoms with Crippen LogP contribution in [0.1, 0.15) is 47.9 Å². The highest BCUT2D eigenvalue weighted by Crippen LogP contribution is 2.28. The van der Waals surface area contributed by atoms with Crippen LogP contribution in [0.2, 0.25) is 0 Å². The summed E-state index contributed by atoms with van der Waals surface area (Å²) in [6.07, 6.45) is 3.19. The number of aromatic nitrogens is 3. The van der Waals surface area contributed by atoms with Crippen molar-refractivity contribution >= 4 is 5.91 Å². The standard InChI is InChI=1S/C27H33N5O3/c1-34-23-10-8-21(9-11-23)26-18-32-25(19-35-26)24(29-30-32)17-31-15-13-22(14-16-31)28-27(33)12-7-20-5-3-2-4-6-20/h2-6,8-11,22,26H,7,12-19H2,1H3,(H,28,33)/t26-/m0/s1. The van der Waals surface area contributed by atoms with E-state index in [9.17, 15) is 4.79 Å². The molecule has 1 fully saturated rings.